The Morgan fingerprint density at radius 2 is 2.14 bits per heavy atom. The molecule has 0 bridgehead atoms. The zero-order valence-corrected chi connectivity index (χ0v) is 12.3. The summed E-state index contributed by atoms with van der Waals surface area (Å²) >= 11 is 0. The Bertz CT molecular complexity index is 751. The lowest BCUT2D eigenvalue weighted by Gasteiger charge is -2.10. The molecule has 2 aromatic rings. The van der Waals surface area contributed by atoms with Crippen molar-refractivity contribution in [3.8, 4) is 5.75 Å². The van der Waals surface area contributed by atoms with Crippen LogP contribution in [0.5, 0.6) is 5.75 Å². The molecule has 0 fully saturated rings. The predicted octanol–water partition coefficient (Wildman–Crippen LogP) is 0.967. The fourth-order valence-electron chi connectivity index (χ4n) is 2.43. The number of hydrogen-bond donors (Lipinski definition) is 2. The highest BCUT2D eigenvalue weighted by molar-refractivity contribution is 6.07. The van der Waals surface area contributed by atoms with Crippen molar-refractivity contribution >= 4 is 17.5 Å². The van der Waals surface area contributed by atoms with Gasteiger partial charge >= 0.3 is 0 Å². The van der Waals surface area contributed by atoms with Crippen LogP contribution >= 0.6 is 0 Å². The highest BCUT2D eigenvalue weighted by atomic mass is 16.5. The van der Waals surface area contributed by atoms with Gasteiger partial charge in [0.05, 0.1) is 24.1 Å². The molecule has 0 saturated heterocycles. The van der Waals surface area contributed by atoms with Crippen molar-refractivity contribution in [1.29, 1.82) is 0 Å². The fraction of sp³-hybridized carbons (Fsp3) is 0.267. The first-order valence-electron chi connectivity index (χ1n) is 6.90. The van der Waals surface area contributed by atoms with Gasteiger partial charge in [0, 0.05) is 32.3 Å². The van der Waals surface area contributed by atoms with E-state index in [0.717, 1.165) is 5.56 Å². The van der Waals surface area contributed by atoms with Crippen LogP contribution in [0.1, 0.15) is 26.3 Å². The third kappa shape index (κ3) is 2.52. The zero-order chi connectivity index (χ0) is 15.7. The minimum atomic E-state index is -0.284. The summed E-state index contributed by atoms with van der Waals surface area (Å²) in [4.78, 5) is 24.3. The third-order valence-electron chi connectivity index (χ3n) is 3.48. The number of ether oxygens (including phenoxy) is 1. The summed E-state index contributed by atoms with van der Waals surface area (Å²) in [6, 6.07) is 3.31. The van der Waals surface area contributed by atoms with Crippen LogP contribution in [0.2, 0.25) is 0 Å². The molecule has 1 aromatic heterocycles. The molecule has 0 saturated carbocycles. The lowest BCUT2D eigenvalue weighted by molar-refractivity contribution is 0.0960. The van der Waals surface area contributed by atoms with E-state index in [2.05, 4.69) is 15.7 Å². The van der Waals surface area contributed by atoms with Gasteiger partial charge in [-0.2, -0.15) is 5.10 Å². The average Bonchev–Trinajstić information content (AvgIpc) is 3.13. The van der Waals surface area contributed by atoms with Crippen LogP contribution in [-0.4, -0.2) is 35.2 Å². The van der Waals surface area contributed by atoms with Gasteiger partial charge in [0.2, 0.25) is 0 Å². The number of carbonyl (C=O) groups excluding carboxylic acids is 2. The van der Waals surface area contributed by atoms with E-state index in [0.29, 0.717) is 35.6 Å². The van der Waals surface area contributed by atoms with E-state index in [1.165, 1.54) is 0 Å². The van der Waals surface area contributed by atoms with Crippen LogP contribution in [0, 0.1) is 0 Å². The van der Waals surface area contributed by atoms with Gasteiger partial charge in [-0.25, -0.2) is 0 Å². The van der Waals surface area contributed by atoms with Crippen LogP contribution in [0.15, 0.2) is 24.5 Å². The number of nitrogens with one attached hydrogen (secondary N) is 2. The van der Waals surface area contributed by atoms with Crippen LogP contribution in [0.25, 0.3) is 0 Å². The lowest BCUT2D eigenvalue weighted by atomic mass is 10.0. The Morgan fingerprint density at radius 1 is 1.32 bits per heavy atom. The number of carbonyl (C=O) groups is 2. The van der Waals surface area contributed by atoms with Gasteiger partial charge in [-0.1, -0.05) is 0 Å². The summed E-state index contributed by atoms with van der Waals surface area (Å²) in [5.41, 5.74) is 2.28. The van der Waals surface area contributed by atoms with Crippen LogP contribution < -0.4 is 15.4 Å². The Kier molecular flexibility index (Phi) is 3.54. The largest absolute Gasteiger partial charge is 0.492 e. The molecule has 2 amide bonds. The molecule has 2 N–H and O–H groups in total. The molecule has 0 spiro atoms. The normalized spacial score (nSPS) is 12.5. The number of rotatable bonds is 3. The van der Waals surface area contributed by atoms with Gasteiger partial charge < -0.3 is 15.4 Å². The molecule has 1 aromatic carbocycles. The van der Waals surface area contributed by atoms with Crippen LogP contribution in [-0.2, 0) is 13.5 Å². The summed E-state index contributed by atoms with van der Waals surface area (Å²) in [7, 11) is 3.32. The van der Waals surface area contributed by atoms with E-state index in [1.807, 2.05) is 0 Å². The Hall–Kier alpha value is -2.83. The number of fused-ring (bicyclic) bond motifs is 1. The maximum atomic E-state index is 12.4. The molecule has 22 heavy (non-hydrogen) atoms. The van der Waals surface area contributed by atoms with Gasteiger partial charge in [-0.3, -0.25) is 14.3 Å². The first kappa shape index (κ1) is 14.1. The Labute approximate surface area is 127 Å². The predicted molar refractivity (Wildman–Crippen MR) is 80.2 cm³/mol. The summed E-state index contributed by atoms with van der Waals surface area (Å²) in [5.74, 6) is 0.0132. The molecule has 1 aliphatic rings. The molecule has 1 aliphatic heterocycles. The van der Waals surface area contributed by atoms with Gasteiger partial charge in [-0.05, 0) is 17.7 Å². The summed E-state index contributed by atoms with van der Waals surface area (Å²) in [5, 5.41) is 9.32. The molecule has 0 radical (unpaired) electrons. The Balaban J connectivity index is 1.93. The minimum Gasteiger partial charge on any atom is -0.492 e. The zero-order valence-electron chi connectivity index (χ0n) is 12.3. The van der Waals surface area contributed by atoms with Gasteiger partial charge in [0.15, 0.2) is 0 Å². The first-order chi connectivity index (χ1) is 10.6. The van der Waals surface area contributed by atoms with E-state index in [4.69, 9.17) is 4.74 Å². The van der Waals surface area contributed by atoms with Gasteiger partial charge in [0.25, 0.3) is 11.8 Å². The maximum absolute atomic E-state index is 12.4. The molecular formula is C15H16N4O3. The average molecular weight is 300 g/mol. The van der Waals surface area contributed by atoms with E-state index in [-0.39, 0.29) is 11.8 Å². The minimum absolute atomic E-state index is 0.269. The van der Waals surface area contributed by atoms with Crippen molar-refractivity contribution in [2.24, 2.45) is 7.05 Å². The number of anilines is 1. The number of aryl methyl sites for hydroxylation is 1. The first-order valence-corrected chi connectivity index (χ1v) is 6.90. The number of hydrogen-bond acceptors (Lipinski definition) is 4. The number of amides is 2. The second kappa shape index (κ2) is 5.51. The van der Waals surface area contributed by atoms with Gasteiger partial charge in [-0.15, -0.1) is 0 Å². The molecule has 7 heteroatoms. The molecule has 0 aliphatic carbocycles. The number of aromatic nitrogens is 2. The van der Waals surface area contributed by atoms with Crippen LogP contribution in [0.4, 0.5) is 5.69 Å². The second-order valence-corrected chi connectivity index (χ2v) is 5.05. The molecule has 0 atom stereocenters. The maximum Gasteiger partial charge on any atom is 0.255 e. The topological polar surface area (TPSA) is 85.3 Å². The summed E-state index contributed by atoms with van der Waals surface area (Å²) < 4.78 is 7.10. The molecule has 0 unspecified atom stereocenters. The quantitative estimate of drug-likeness (QED) is 0.884. The second-order valence-electron chi connectivity index (χ2n) is 5.05. The molecule has 2 heterocycles. The monoisotopic (exact) mass is 300 g/mol. The smallest absolute Gasteiger partial charge is 0.255 e. The highest BCUT2D eigenvalue weighted by Crippen LogP contribution is 2.31. The van der Waals surface area contributed by atoms with Crippen molar-refractivity contribution in [2.45, 2.75) is 6.42 Å². The van der Waals surface area contributed by atoms with Crippen molar-refractivity contribution in [3.63, 3.8) is 0 Å². The van der Waals surface area contributed by atoms with Crippen molar-refractivity contribution < 1.29 is 14.3 Å². The third-order valence-corrected chi connectivity index (χ3v) is 3.48. The fourth-order valence-corrected chi connectivity index (χ4v) is 2.43. The number of nitrogens with zero attached hydrogens (tertiary/aromatic N) is 2. The van der Waals surface area contributed by atoms with E-state index in [1.54, 1.807) is 43.3 Å². The van der Waals surface area contributed by atoms with Crippen molar-refractivity contribution in [3.05, 3.63) is 41.2 Å². The standard InChI is InChI=1S/C15H16N4O3/c1-16-15(21)12-6-10(5-9-3-4-22-13(9)12)14(20)18-11-7-17-19(2)8-11/h5-8H,3-4H2,1-2H3,(H,16,21)(H,18,20). The molecular weight excluding hydrogens is 284 g/mol. The molecule has 114 valence electrons. The number of benzene rings is 1. The summed E-state index contributed by atoms with van der Waals surface area (Å²) in [6.07, 6.45) is 3.95. The van der Waals surface area contributed by atoms with Crippen molar-refractivity contribution in [1.82, 2.24) is 15.1 Å². The van der Waals surface area contributed by atoms with Crippen molar-refractivity contribution in [2.75, 3.05) is 19.0 Å². The molecule has 7 nitrogen and oxygen atoms in total. The lowest BCUT2D eigenvalue weighted by Crippen LogP contribution is -2.20. The van der Waals surface area contributed by atoms with E-state index < -0.39 is 0 Å². The molecule has 3 rings (SSSR count). The van der Waals surface area contributed by atoms with Crippen LogP contribution in [0.3, 0.4) is 0 Å². The van der Waals surface area contributed by atoms with E-state index >= 15 is 0 Å². The van der Waals surface area contributed by atoms with Gasteiger partial charge in [0.1, 0.15) is 5.75 Å². The SMILES string of the molecule is CNC(=O)c1cc(C(=O)Nc2cnn(C)c2)cc2c1OCC2. The highest BCUT2D eigenvalue weighted by Gasteiger charge is 2.23. The Morgan fingerprint density at radius 3 is 2.82 bits per heavy atom. The van der Waals surface area contributed by atoms with E-state index in [9.17, 15) is 9.59 Å². The summed E-state index contributed by atoms with van der Waals surface area (Å²) in [6.45, 7) is 0.521.